The molecule has 318 valence electrons. The lowest BCUT2D eigenvalue weighted by Crippen LogP contribution is -2.27. The molecule has 0 radical (unpaired) electrons. The number of hydrogen-bond acceptors (Lipinski definition) is 4. The number of aliphatic hydroxyl groups is 1. The van der Waals surface area contributed by atoms with Gasteiger partial charge in [-0.3, -0.25) is 4.79 Å². The van der Waals surface area contributed by atoms with Gasteiger partial charge in [-0.2, -0.15) is 0 Å². The molecule has 0 aliphatic carbocycles. The third-order valence-corrected chi connectivity index (χ3v) is 11.4. The van der Waals surface area contributed by atoms with E-state index in [9.17, 15) is 9.90 Å². The summed E-state index contributed by atoms with van der Waals surface area (Å²) in [5, 5.41) is 9.63. The molecule has 1 unspecified atom stereocenters. The minimum absolute atomic E-state index is 0.162. The van der Waals surface area contributed by atoms with Crippen molar-refractivity contribution in [2.24, 2.45) is 0 Å². The van der Waals surface area contributed by atoms with Crippen LogP contribution in [-0.4, -0.2) is 37.0 Å². The standard InChI is InChI=1S/C49H98O4/c1-3-5-7-9-11-13-15-17-19-21-23-24-25-26-28-30-32-34-36-38-40-42-44-49(51)53-48(46-50)47-52-45-43-41-39-37-35-33-31-29-27-22-20-18-16-14-12-10-8-6-4-2/h48,50H,3-47H2,1-2H3. The summed E-state index contributed by atoms with van der Waals surface area (Å²) >= 11 is 0. The van der Waals surface area contributed by atoms with E-state index < -0.39 is 6.10 Å². The maximum atomic E-state index is 12.2. The predicted octanol–water partition coefficient (Wildman–Crippen LogP) is 16.3. The van der Waals surface area contributed by atoms with Crippen molar-refractivity contribution in [2.75, 3.05) is 19.8 Å². The summed E-state index contributed by atoms with van der Waals surface area (Å²) in [5.41, 5.74) is 0. The molecule has 0 rings (SSSR count). The topological polar surface area (TPSA) is 55.8 Å². The molecule has 4 heteroatoms. The zero-order chi connectivity index (χ0) is 38.4. The van der Waals surface area contributed by atoms with Crippen LogP contribution < -0.4 is 0 Å². The highest BCUT2D eigenvalue weighted by molar-refractivity contribution is 5.69. The number of unbranched alkanes of at least 4 members (excludes halogenated alkanes) is 39. The first kappa shape index (κ1) is 52.4. The Labute approximate surface area is 333 Å². The second-order valence-electron chi connectivity index (χ2n) is 16.9. The van der Waals surface area contributed by atoms with Crippen LogP contribution in [-0.2, 0) is 14.3 Å². The van der Waals surface area contributed by atoms with E-state index in [2.05, 4.69) is 13.8 Å². The van der Waals surface area contributed by atoms with E-state index in [0.29, 0.717) is 19.6 Å². The minimum Gasteiger partial charge on any atom is -0.457 e. The number of aliphatic hydroxyl groups excluding tert-OH is 1. The molecule has 0 aliphatic rings. The lowest BCUT2D eigenvalue weighted by molar-refractivity contribution is -0.154. The van der Waals surface area contributed by atoms with Crippen LogP contribution >= 0.6 is 0 Å². The van der Waals surface area contributed by atoms with Crippen molar-refractivity contribution in [2.45, 2.75) is 290 Å². The fourth-order valence-corrected chi connectivity index (χ4v) is 7.74. The van der Waals surface area contributed by atoms with Crippen molar-refractivity contribution in [3.05, 3.63) is 0 Å². The van der Waals surface area contributed by atoms with E-state index in [0.717, 1.165) is 19.3 Å². The summed E-state index contributed by atoms with van der Waals surface area (Å²) in [5.74, 6) is -0.190. The van der Waals surface area contributed by atoms with Gasteiger partial charge in [0.15, 0.2) is 0 Å². The highest BCUT2D eigenvalue weighted by atomic mass is 16.6. The number of esters is 1. The van der Waals surface area contributed by atoms with Gasteiger partial charge in [0.05, 0.1) is 13.2 Å². The van der Waals surface area contributed by atoms with Gasteiger partial charge < -0.3 is 14.6 Å². The summed E-state index contributed by atoms with van der Waals surface area (Å²) in [6, 6.07) is 0. The Morgan fingerprint density at radius 1 is 0.377 bits per heavy atom. The predicted molar refractivity (Wildman–Crippen MR) is 233 cm³/mol. The smallest absolute Gasteiger partial charge is 0.306 e. The fraction of sp³-hybridized carbons (Fsp3) is 0.980. The summed E-state index contributed by atoms with van der Waals surface area (Å²) in [6.07, 6.45) is 56.2. The molecule has 0 aliphatic heterocycles. The zero-order valence-corrected chi connectivity index (χ0v) is 36.6. The molecule has 0 aromatic carbocycles. The van der Waals surface area contributed by atoms with Crippen LogP contribution in [0.15, 0.2) is 0 Å². The molecule has 0 fully saturated rings. The van der Waals surface area contributed by atoms with Crippen LogP contribution in [0.25, 0.3) is 0 Å². The summed E-state index contributed by atoms with van der Waals surface area (Å²) in [6.45, 7) is 5.42. The van der Waals surface area contributed by atoms with Gasteiger partial charge in [0.2, 0.25) is 0 Å². The van der Waals surface area contributed by atoms with E-state index >= 15 is 0 Å². The first-order valence-electron chi connectivity index (χ1n) is 24.6. The highest BCUT2D eigenvalue weighted by Crippen LogP contribution is 2.17. The first-order chi connectivity index (χ1) is 26.2. The summed E-state index contributed by atoms with van der Waals surface area (Å²) in [4.78, 5) is 12.2. The Kier molecular flexibility index (Phi) is 47.0. The number of carbonyl (C=O) groups excluding carboxylic acids is 1. The van der Waals surface area contributed by atoms with Gasteiger partial charge in [-0.1, -0.05) is 264 Å². The van der Waals surface area contributed by atoms with Gasteiger partial charge in [-0.05, 0) is 12.8 Å². The van der Waals surface area contributed by atoms with Crippen molar-refractivity contribution in [1.82, 2.24) is 0 Å². The zero-order valence-electron chi connectivity index (χ0n) is 36.6. The van der Waals surface area contributed by atoms with Crippen LogP contribution in [0, 0.1) is 0 Å². The molecule has 0 saturated carbocycles. The Hall–Kier alpha value is -0.610. The average Bonchev–Trinajstić information content (AvgIpc) is 3.16. The number of rotatable bonds is 47. The number of ether oxygens (including phenoxy) is 2. The van der Waals surface area contributed by atoms with Crippen LogP contribution in [0.2, 0.25) is 0 Å². The van der Waals surface area contributed by atoms with Gasteiger partial charge in [0.1, 0.15) is 6.10 Å². The molecule has 1 N–H and O–H groups in total. The monoisotopic (exact) mass is 751 g/mol. The van der Waals surface area contributed by atoms with Crippen LogP contribution in [0.4, 0.5) is 0 Å². The van der Waals surface area contributed by atoms with Gasteiger partial charge in [-0.15, -0.1) is 0 Å². The largest absolute Gasteiger partial charge is 0.457 e. The Morgan fingerprint density at radius 2 is 0.623 bits per heavy atom. The van der Waals surface area contributed by atoms with Crippen molar-refractivity contribution >= 4 is 5.97 Å². The Bertz CT molecular complexity index is 667. The van der Waals surface area contributed by atoms with Crippen molar-refractivity contribution in [3.63, 3.8) is 0 Å². The minimum atomic E-state index is -0.525. The van der Waals surface area contributed by atoms with Crippen molar-refractivity contribution in [1.29, 1.82) is 0 Å². The summed E-state index contributed by atoms with van der Waals surface area (Å²) < 4.78 is 11.2. The van der Waals surface area contributed by atoms with Crippen molar-refractivity contribution in [3.8, 4) is 0 Å². The SMILES string of the molecule is CCCCCCCCCCCCCCCCCCCCCCCCC(=O)OC(CO)COCCCCCCCCCCCCCCCCCCCCC. The first-order valence-corrected chi connectivity index (χ1v) is 24.6. The summed E-state index contributed by atoms with van der Waals surface area (Å²) in [7, 11) is 0. The fourth-order valence-electron chi connectivity index (χ4n) is 7.74. The molecule has 0 aromatic rings. The Balaban J connectivity index is 3.33. The van der Waals surface area contributed by atoms with E-state index in [4.69, 9.17) is 9.47 Å². The maximum absolute atomic E-state index is 12.2. The molecular formula is C49H98O4. The molecule has 0 bridgehead atoms. The number of carbonyl (C=O) groups is 1. The molecular weight excluding hydrogens is 653 g/mol. The lowest BCUT2D eigenvalue weighted by Gasteiger charge is -2.16. The van der Waals surface area contributed by atoms with E-state index in [1.54, 1.807) is 0 Å². The Morgan fingerprint density at radius 3 is 0.887 bits per heavy atom. The molecule has 0 aromatic heterocycles. The molecule has 0 heterocycles. The molecule has 0 amide bonds. The van der Waals surface area contributed by atoms with E-state index in [1.807, 2.05) is 0 Å². The molecule has 0 saturated heterocycles. The van der Waals surface area contributed by atoms with E-state index in [1.165, 1.54) is 244 Å². The van der Waals surface area contributed by atoms with Crippen LogP contribution in [0.5, 0.6) is 0 Å². The molecule has 0 spiro atoms. The second kappa shape index (κ2) is 47.5. The van der Waals surface area contributed by atoms with Crippen LogP contribution in [0.3, 0.4) is 0 Å². The molecule has 53 heavy (non-hydrogen) atoms. The second-order valence-corrected chi connectivity index (χ2v) is 16.9. The van der Waals surface area contributed by atoms with E-state index in [-0.39, 0.29) is 12.6 Å². The lowest BCUT2D eigenvalue weighted by atomic mass is 10.0. The third-order valence-electron chi connectivity index (χ3n) is 11.4. The van der Waals surface area contributed by atoms with Gasteiger partial charge in [-0.25, -0.2) is 0 Å². The molecule has 1 atom stereocenters. The van der Waals surface area contributed by atoms with Crippen LogP contribution in [0.1, 0.15) is 284 Å². The van der Waals surface area contributed by atoms with Gasteiger partial charge in [0.25, 0.3) is 0 Å². The molecule has 4 nitrogen and oxygen atoms in total. The highest BCUT2D eigenvalue weighted by Gasteiger charge is 2.13. The quantitative estimate of drug-likeness (QED) is 0.0497. The van der Waals surface area contributed by atoms with Gasteiger partial charge >= 0.3 is 5.97 Å². The normalized spacial score (nSPS) is 12.1. The maximum Gasteiger partial charge on any atom is 0.306 e. The third kappa shape index (κ3) is 45.7. The average molecular weight is 751 g/mol. The van der Waals surface area contributed by atoms with Gasteiger partial charge in [0, 0.05) is 13.0 Å². The number of hydrogen-bond donors (Lipinski definition) is 1. The van der Waals surface area contributed by atoms with Crippen molar-refractivity contribution < 1.29 is 19.4 Å².